The number of nitrogens with zero attached hydrogens (tertiary/aromatic N) is 4. The number of fused-ring (bicyclic) bond motifs is 4. The second-order valence-corrected chi connectivity index (χ2v) is 9.72. The first-order chi connectivity index (χ1) is 15.0. The topological polar surface area (TPSA) is 72.2 Å². The fraction of sp³-hybridized carbons (Fsp3) is 0.217. The molecule has 3 heterocycles. The lowest BCUT2D eigenvalue weighted by Crippen LogP contribution is -2.24. The van der Waals surface area contributed by atoms with Crippen LogP contribution in [0.3, 0.4) is 0 Å². The van der Waals surface area contributed by atoms with E-state index in [4.69, 9.17) is 0 Å². The van der Waals surface area contributed by atoms with Gasteiger partial charge in [0, 0.05) is 5.39 Å². The molecular formula is C23H21N5OS2. The summed E-state index contributed by atoms with van der Waals surface area (Å²) in [7, 11) is 0. The monoisotopic (exact) mass is 447 g/mol. The Morgan fingerprint density at radius 3 is 2.84 bits per heavy atom. The van der Waals surface area contributed by atoms with Crippen molar-refractivity contribution in [2.75, 3.05) is 5.32 Å². The van der Waals surface area contributed by atoms with Crippen LogP contribution in [0, 0.1) is 13.8 Å². The first kappa shape index (κ1) is 20.0. The average molecular weight is 448 g/mol. The van der Waals surface area contributed by atoms with E-state index in [0.717, 1.165) is 32.3 Å². The van der Waals surface area contributed by atoms with Gasteiger partial charge in [-0.15, -0.1) is 10.2 Å². The number of para-hydroxylation sites is 1. The number of nitrogens with one attached hydrogen (secondary N) is 1. The molecule has 0 bridgehead atoms. The molecule has 1 unspecified atom stereocenters. The van der Waals surface area contributed by atoms with Gasteiger partial charge < -0.3 is 5.32 Å². The lowest BCUT2D eigenvalue weighted by Gasteiger charge is -2.13. The molecule has 5 rings (SSSR count). The number of carbonyl (C=O) groups is 1. The second-order valence-electron chi connectivity index (χ2n) is 7.51. The van der Waals surface area contributed by atoms with E-state index in [0.29, 0.717) is 16.7 Å². The van der Waals surface area contributed by atoms with Gasteiger partial charge in [-0.2, -0.15) is 0 Å². The number of benzene rings is 2. The number of aryl methyl sites for hydroxylation is 2. The molecule has 2 aromatic carbocycles. The smallest absolute Gasteiger partial charge is 0.239 e. The van der Waals surface area contributed by atoms with Gasteiger partial charge in [0.25, 0.3) is 0 Å². The Morgan fingerprint density at radius 2 is 2.00 bits per heavy atom. The Balaban J connectivity index is 1.44. The van der Waals surface area contributed by atoms with E-state index in [1.54, 1.807) is 0 Å². The van der Waals surface area contributed by atoms with Crippen molar-refractivity contribution in [2.45, 2.75) is 37.6 Å². The van der Waals surface area contributed by atoms with E-state index in [1.807, 2.05) is 41.7 Å². The van der Waals surface area contributed by atoms with E-state index < -0.39 is 0 Å². The van der Waals surface area contributed by atoms with Crippen LogP contribution in [0.25, 0.3) is 26.8 Å². The van der Waals surface area contributed by atoms with Gasteiger partial charge in [0.05, 0.1) is 21.0 Å². The quantitative estimate of drug-likeness (QED) is 0.354. The van der Waals surface area contributed by atoms with Crippen LogP contribution in [0.2, 0.25) is 0 Å². The van der Waals surface area contributed by atoms with Crippen molar-refractivity contribution < 1.29 is 4.79 Å². The highest BCUT2D eigenvalue weighted by atomic mass is 32.2. The number of hydrogen-bond acceptors (Lipinski definition) is 6. The van der Waals surface area contributed by atoms with E-state index in [9.17, 15) is 4.79 Å². The summed E-state index contributed by atoms with van der Waals surface area (Å²) in [6.45, 7) is 6.13. The summed E-state index contributed by atoms with van der Waals surface area (Å²) in [5.41, 5.74) is 5.06. The number of carbonyl (C=O) groups excluding carboxylic acids is 1. The summed E-state index contributed by atoms with van der Waals surface area (Å²) in [5.74, 6) is -0.0727. The van der Waals surface area contributed by atoms with Gasteiger partial charge >= 0.3 is 0 Å². The lowest BCUT2D eigenvalue weighted by molar-refractivity contribution is -0.115. The Bertz CT molecular complexity index is 1440. The van der Waals surface area contributed by atoms with Crippen LogP contribution in [0.5, 0.6) is 0 Å². The molecule has 0 fully saturated rings. The fourth-order valence-corrected chi connectivity index (χ4v) is 5.61. The van der Waals surface area contributed by atoms with Crippen molar-refractivity contribution in [1.82, 2.24) is 19.6 Å². The van der Waals surface area contributed by atoms with Crippen LogP contribution in [0.15, 0.2) is 53.7 Å². The molecule has 5 aromatic rings. The van der Waals surface area contributed by atoms with Gasteiger partial charge in [0.1, 0.15) is 0 Å². The highest BCUT2D eigenvalue weighted by Gasteiger charge is 2.23. The van der Waals surface area contributed by atoms with Crippen molar-refractivity contribution in [3.05, 3.63) is 59.7 Å². The summed E-state index contributed by atoms with van der Waals surface area (Å²) in [5, 5.41) is 13.9. The van der Waals surface area contributed by atoms with Crippen molar-refractivity contribution in [3.63, 3.8) is 0 Å². The maximum absolute atomic E-state index is 13.0. The van der Waals surface area contributed by atoms with E-state index in [-0.39, 0.29) is 11.2 Å². The molecule has 156 valence electrons. The molecule has 0 aliphatic rings. The number of pyridine rings is 1. The molecule has 1 atom stereocenters. The SMILES string of the molecule is CCC(Sc1nnc2cc(C)c3ccccc3n12)C(=O)Nc1nc2ccc(C)cc2s1. The van der Waals surface area contributed by atoms with E-state index in [2.05, 4.69) is 52.5 Å². The minimum atomic E-state index is -0.304. The van der Waals surface area contributed by atoms with Gasteiger partial charge in [0.2, 0.25) is 5.91 Å². The zero-order valence-corrected chi connectivity index (χ0v) is 19.0. The number of hydrogen-bond donors (Lipinski definition) is 1. The number of amides is 1. The molecule has 0 radical (unpaired) electrons. The molecule has 3 aromatic heterocycles. The van der Waals surface area contributed by atoms with Crippen LogP contribution in [-0.4, -0.2) is 30.7 Å². The highest BCUT2D eigenvalue weighted by molar-refractivity contribution is 8.00. The van der Waals surface area contributed by atoms with Gasteiger partial charge in [0.15, 0.2) is 15.9 Å². The molecule has 0 aliphatic carbocycles. The number of anilines is 1. The molecule has 6 nitrogen and oxygen atoms in total. The summed E-state index contributed by atoms with van der Waals surface area (Å²) < 4.78 is 3.10. The minimum Gasteiger partial charge on any atom is -0.301 e. The molecule has 0 saturated carbocycles. The molecule has 1 amide bonds. The largest absolute Gasteiger partial charge is 0.301 e. The average Bonchev–Trinajstić information content (AvgIpc) is 3.35. The summed E-state index contributed by atoms with van der Waals surface area (Å²) >= 11 is 2.93. The lowest BCUT2D eigenvalue weighted by atomic mass is 10.1. The van der Waals surface area contributed by atoms with Crippen molar-refractivity contribution in [2.24, 2.45) is 0 Å². The molecule has 1 N–H and O–H groups in total. The number of thiazole rings is 1. The molecule has 0 aliphatic heterocycles. The van der Waals surface area contributed by atoms with Gasteiger partial charge in [-0.3, -0.25) is 9.20 Å². The molecule has 8 heteroatoms. The van der Waals surface area contributed by atoms with Crippen LogP contribution < -0.4 is 5.32 Å². The van der Waals surface area contributed by atoms with Crippen molar-refractivity contribution >= 4 is 60.9 Å². The third-order valence-electron chi connectivity index (χ3n) is 5.26. The van der Waals surface area contributed by atoms with Crippen molar-refractivity contribution in [3.8, 4) is 0 Å². The first-order valence-corrected chi connectivity index (χ1v) is 11.8. The third-order valence-corrected chi connectivity index (χ3v) is 7.50. The van der Waals surface area contributed by atoms with Gasteiger partial charge in [-0.1, -0.05) is 54.3 Å². The van der Waals surface area contributed by atoms with Crippen LogP contribution >= 0.6 is 23.1 Å². The predicted octanol–water partition coefficient (Wildman–Crippen LogP) is 5.62. The highest BCUT2D eigenvalue weighted by Crippen LogP contribution is 2.31. The van der Waals surface area contributed by atoms with Gasteiger partial charge in [-0.05, 0) is 55.7 Å². The Labute approximate surface area is 187 Å². The normalized spacial score (nSPS) is 12.6. The van der Waals surface area contributed by atoms with E-state index >= 15 is 0 Å². The summed E-state index contributed by atoms with van der Waals surface area (Å²) in [6.07, 6.45) is 0.666. The maximum atomic E-state index is 13.0. The van der Waals surface area contributed by atoms with Crippen LogP contribution in [0.1, 0.15) is 24.5 Å². The molecule has 0 saturated heterocycles. The Morgan fingerprint density at radius 1 is 1.16 bits per heavy atom. The second kappa shape index (κ2) is 7.94. The molecule has 0 spiro atoms. The molecular weight excluding hydrogens is 426 g/mol. The summed E-state index contributed by atoms with van der Waals surface area (Å²) in [4.78, 5) is 17.6. The standard InChI is InChI=1S/C23H21N5OS2/c1-4-18(21(29)25-22-24-16-10-9-13(2)11-19(16)30-22)31-23-27-26-20-12-14(3)15-7-5-6-8-17(15)28(20)23/h5-12,18H,4H2,1-3H3,(H,24,25,29). The Kier molecular flexibility index (Phi) is 5.11. The minimum absolute atomic E-state index is 0.0727. The number of aromatic nitrogens is 4. The van der Waals surface area contributed by atoms with Crippen molar-refractivity contribution in [1.29, 1.82) is 0 Å². The first-order valence-electron chi connectivity index (χ1n) is 10.1. The molecule has 31 heavy (non-hydrogen) atoms. The predicted molar refractivity (Wildman–Crippen MR) is 128 cm³/mol. The van der Waals surface area contributed by atoms with Crippen LogP contribution in [0.4, 0.5) is 5.13 Å². The maximum Gasteiger partial charge on any atom is 0.239 e. The number of rotatable bonds is 5. The van der Waals surface area contributed by atoms with Crippen LogP contribution in [-0.2, 0) is 4.79 Å². The van der Waals surface area contributed by atoms with E-state index in [1.165, 1.54) is 28.7 Å². The Hall–Kier alpha value is -2.97. The zero-order chi connectivity index (χ0) is 21.5. The van der Waals surface area contributed by atoms with Gasteiger partial charge in [-0.25, -0.2) is 4.98 Å². The number of thioether (sulfide) groups is 1. The zero-order valence-electron chi connectivity index (χ0n) is 17.4. The fourth-order valence-electron chi connectivity index (χ4n) is 3.67. The third kappa shape index (κ3) is 3.66. The summed E-state index contributed by atoms with van der Waals surface area (Å²) in [6, 6.07) is 16.3.